The Morgan fingerprint density at radius 3 is 2.58 bits per heavy atom. The minimum absolute atomic E-state index is 0.257. The Labute approximate surface area is 140 Å². The average molecular weight is 332 g/mol. The van der Waals surface area contributed by atoms with E-state index >= 15 is 0 Å². The van der Waals surface area contributed by atoms with E-state index in [1.165, 1.54) is 19.2 Å². The lowest BCUT2D eigenvalue weighted by molar-refractivity contribution is -0.123. The molecule has 0 aliphatic carbocycles. The van der Waals surface area contributed by atoms with Gasteiger partial charge in [0, 0.05) is 13.6 Å². The molecule has 0 unspecified atom stereocenters. The van der Waals surface area contributed by atoms with Gasteiger partial charge in [0.1, 0.15) is 24.2 Å². The first-order valence-corrected chi connectivity index (χ1v) is 7.64. The van der Waals surface area contributed by atoms with Crippen LogP contribution in [0.3, 0.4) is 0 Å². The average Bonchev–Trinajstić information content (AvgIpc) is 2.61. The molecule has 0 saturated heterocycles. The number of aliphatic hydroxyl groups excluding tert-OH is 1. The molecule has 0 heterocycles. The zero-order valence-electron chi connectivity index (χ0n) is 13.5. The number of ether oxygens (including phenoxy) is 1. The zero-order chi connectivity index (χ0) is 17.4. The van der Waals surface area contributed by atoms with Crippen LogP contribution in [0.5, 0.6) is 5.75 Å². The summed E-state index contributed by atoms with van der Waals surface area (Å²) in [6, 6.07) is 13.0. The molecule has 2 aromatic rings. The lowest BCUT2D eigenvalue weighted by Gasteiger charge is -2.14. The summed E-state index contributed by atoms with van der Waals surface area (Å²) in [4.78, 5) is 11.5. The summed E-state index contributed by atoms with van der Waals surface area (Å²) in [6.07, 6.45) is 0. The summed E-state index contributed by atoms with van der Waals surface area (Å²) >= 11 is 0. The number of aliphatic hydroxyl groups is 1. The van der Waals surface area contributed by atoms with Crippen molar-refractivity contribution in [3.05, 3.63) is 65.5 Å². The number of hydrogen-bond donors (Lipinski definition) is 3. The fourth-order valence-electron chi connectivity index (χ4n) is 2.15. The molecule has 0 spiro atoms. The first kappa shape index (κ1) is 17.9. The molecule has 0 fully saturated rings. The molecule has 0 aliphatic rings. The van der Waals surface area contributed by atoms with Crippen molar-refractivity contribution in [1.82, 2.24) is 10.6 Å². The second-order valence-electron chi connectivity index (χ2n) is 5.29. The van der Waals surface area contributed by atoms with Crippen molar-refractivity contribution in [3.8, 4) is 5.75 Å². The van der Waals surface area contributed by atoms with Crippen molar-refractivity contribution >= 4 is 5.91 Å². The highest BCUT2D eigenvalue weighted by molar-refractivity contribution is 5.81. The Bertz CT molecular complexity index is 662. The maximum absolute atomic E-state index is 13.1. The fourth-order valence-corrected chi connectivity index (χ4v) is 2.15. The van der Waals surface area contributed by atoms with Crippen molar-refractivity contribution in [2.75, 3.05) is 13.7 Å². The summed E-state index contributed by atoms with van der Waals surface area (Å²) in [6.45, 7) is 0.468. The molecular weight excluding hydrogens is 311 g/mol. The minimum Gasteiger partial charge on any atom is -0.489 e. The topological polar surface area (TPSA) is 70.6 Å². The van der Waals surface area contributed by atoms with Crippen LogP contribution in [0.1, 0.15) is 11.1 Å². The van der Waals surface area contributed by atoms with E-state index in [2.05, 4.69) is 10.6 Å². The van der Waals surface area contributed by atoms with Gasteiger partial charge in [-0.2, -0.15) is 0 Å². The van der Waals surface area contributed by atoms with Crippen LogP contribution in [0.15, 0.2) is 48.5 Å². The van der Waals surface area contributed by atoms with E-state index in [1.54, 1.807) is 12.1 Å². The first-order valence-electron chi connectivity index (χ1n) is 7.64. The zero-order valence-corrected chi connectivity index (χ0v) is 13.5. The largest absolute Gasteiger partial charge is 0.489 e. The number of amides is 1. The summed E-state index contributed by atoms with van der Waals surface area (Å²) in [5.41, 5.74) is 1.72. The van der Waals surface area contributed by atoms with Crippen molar-refractivity contribution < 1.29 is 19.0 Å². The highest BCUT2D eigenvalue weighted by Crippen LogP contribution is 2.15. The molecule has 0 saturated carbocycles. The standard InChI is InChI=1S/C18H21FN2O3/c1-20-18(23)17(11-22)21-10-13-5-7-16(8-6-13)24-12-14-3-2-4-15(19)9-14/h2-9,17,21-22H,10-12H2,1H3,(H,20,23)/t17-/m0/s1. The van der Waals surface area contributed by atoms with Crippen LogP contribution in [0.2, 0.25) is 0 Å². The van der Waals surface area contributed by atoms with Crippen molar-refractivity contribution in [2.24, 2.45) is 0 Å². The van der Waals surface area contributed by atoms with Gasteiger partial charge in [-0.1, -0.05) is 24.3 Å². The van der Waals surface area contributed by atoms with E-state index < -0.39 is 6.04 Å². The van der Waals surface area contributed by atoms with Gasteiger partial charge >= 0.3 is 0 Å². The van der Waals surface area contributed by atoms with Crippen LogP contribution in [0.25, 0.3) is 0 Å². The third-order valence-electron chi connectivity index (χ3n) is 3.52. The maximum Gasteiger partial charge on any atom is 0.239 e. The molecule has 0 aromatic heterocycles. The van der Waals surface area contributed by atoms with E-state index in [4.69, 9.17) is 4.74 Å². The molecule has 128 valence electrons. The second-order valence-corrected chi connectivity index (χ2v) is 5.29. The highest BCUT2D eigenvalue weighted by atomic mass is 19.1. The summed E-state index contributed by atoms with van der Waals surface area (Å²) in [7, 11) is 1.53. The lowest BCUT2D eigenvalue weighted by Crippen LogP contribution is -2.44. The molecule has 24 heavy (non-hydrogen) atoms. The van der Waals surface area contributed by atoms with Gasteiger partial charge in [0.05, 0.1) is 6.61 Å². The number of rotatable bonds is 8. The predicted molar refractivity (Wildman–Crippen MR) is 89.0 cm³/mol. The minimum atomic E-state index is -0.640. The molecule has 0 bridgehead atoms. The van der Waals surface area contributed by atoms with Gasteiger partial charge in [-0.25, -0.2) is 4.39 Å². The molecule has 2 rings (SSSR count). The Hall–Kier alpha value is -2.44. The number of nitrogens with one attached hydrogen (secondary N) is 2. The molecule has 5 nitrogen and oxygen atoms in total. The normalized spacial score (nSPS) is 11.8. The number of benzene rings is 2. The Morgan fingerprint density at radius 2 is 1.96 bits per heavy atom. The quantitative estimate of drug-likeness (QED) is 0.687. The maximum atomic E-state index is 13.1. The number of likely N-dealkylation sites (N-methyl/N-ethyl adjacent to an activating group) is 1. The monoisotopic (exact) mass is 332 g/mol. The fraction of sp³-hybridized carbons (Fsp3) is 0.278. The van der Waals surface area contributed by atoms with Gasteiger partial charge < -0.3 is 15.2 Å². The summed E-state index contributed by atoms with van der Waals surface area (Å²) in [5.74, 6) is 0.132. The highest BCUT2D eigenvalue weighted by Gasteiger charge is 2.14. The van der Waals surface area contributed by atoms with Gasteiger partial charge in [0.15, 0.2) is 0 Å². The molecule has 3 N–H and O–H groups in total. The third kappa shape index (κ3) is 5.33. The summed E-state index contributed by atoms with van der Waals surface area (Å²) < 4.78 is 18.7. The van der Waals surface area contributed by atoms with Gasteiger partial charge in [-0.05, 0) is 35.4 Å². The van der Waals surface area contributed by atoms with Crippen molar-refractivity contribution in [3.63, 3.8) is 0 Å². The molecule has 6 heteroatoms. The van der Waals surface area contributed by atoms with E-state index in [1.807, 2.05) is 24.3 Å². The first-order chi connectivity index (χ1) is 11.6. The van der Waals surface area contributed by atoms with E-state index in [0.717, 1.165) is 11.1 Å². The van der Waals surface area contributed by atoms with Crippen LogP contribution in [0.4, 0.5) is 4.39 Å². The van der Waals surface area contributed by atoms with Crippen LogP contribution >= 0.6 is 0 Å². The third-order valence-corrected chi connectivity index (χ3v) is 3.52. The predicted octanol–water partition coefficient (Wildman–Crippen LogP) is 1.60. The van der Waals surface area contributed by atoms with E-state index in [9.17, 15) is 14.3 Å². The second kappa shape index (κ2) is 9.00. The number of halogens is 1. The lowest BCUT2D eigenvalue weighted by atomic mass is 10.2. The number of hydrogen-bond acceptors (Lipinski definition) is 4. The Kier molecular flexibility index (Phi) is 6.72. The van der Waals surface area contributed by atoms with Gasteiger partial charge in [-0.3, -0.25) is 10.1 Å². The van der Waals surface area contributed by atoms with E-state index in [-0.39, 0.29) is 18.3 Å². The molecule has 1 amide bonds. The Balaban J connectivity index is 1.85. The number of carbonyl (C=O) groups excluding carboxylic acids is 1. The van der Waals surface area contributed by atoms with Crippen molar-refractivity contribution in [2.45, 2.75) is 19.2 Å². The molecule has 0 aliphatic heterocycles. The Morgan fingerprint density at radius 1 is 1.21 bits per heavy atom. The van der Waals surface area contributed by atoms with Crippen LogP contribution < -0.4 is 15.4 Å². The molecule has 2 aromatic carbocycles. The number of carbonyl (C=O) groups is 1. The van der Waals surface area contributed by atoms with E-state index in [0.29, 0.717) is 18.9 Å². The molecule has 0 radical (unpaired) electrons. The summed E-state index contributed by atoms with van der Waals surface area (Å²) in [5, 5.41) is 14.6. The SMILES string of the molecule is CNC(=O)[C@H](CO)NCc1ccc(OCc2cccc(F)c2)cc1. The van der Waals surface area contributed by atoms with Gasteiger partial charge in [-0.15, -0.1) is 0 Å². The van der Waals surface area contributed by atoms with Crippen molar-refractivity contribution in [1.29, 1.82) is 0 Å². The van der Waals surface area contributed by atoms with Gasteiger partial charge in [0.2, 0.25) is 5.91 Å². The van der Waals surface area contributed by atoms with Crippen LogP contribution in [-0.2, 0) is 17.9 Å². The smallest absolute Gasteiger partial charge is 0.239 e. The molecule has 1 atom stereocenters. The van der Waals surface area contributed by atoms with Crippen LogP contribution in [0, 0.1) is 5.82 Å². The van der Waals surface area contributed by atoms with Gasteiger partial charge in [0.25, 0.3) is 0 Å². The molecular formula is C18H21FN2O3. The van der Waals surface area contributed by atoms with Crippen LogP contribution in [-0.4, -0.2) is 30.7 Å².